The number of aromatic amines is 2. The van der Waals surface area contributed by atoms with Crippen molar-refractivity contribution >= 4 is 52.4 Å². The Hall–Kier alpha value is -6.96. The molecule has 2 aromatic heterocycles. The number of carboxylic acid groups (broad SMARTS) is 1. The molecular weight excluding hydrogens is 823 g/mol. The zero-order valence-corrected chi connectivity index (χ0v) is 36.6. The number of aliphatic carboxylic acids is 1. The van der Waals surface area contributed by atoms with Gasteiger partial charge >= 0.3 is 5.97 Å². The number of amides is 5. The highest BCUT2D eigenvalue weighted by Crippen LogP contribution is 2.32. The van der Waals surface area contributed by atoms with Gasteiger partial charge in [-0.3, -0.25) is 33.8 Å². The summed E-state index contributed by atoms with van der Waals surface area (Å²) in [6, 6.07) is 7.21. The summed E-state index contributed by atoms with van der Waals surface area (Å²) in [5, 5.41) is 19.5. The molecule has 0 spiro atoms. The van der Waals surface area contributed by atoms with Crippen molar-refractivity contribution in [2.24, 2.45) is 22.4 Å². The van der Waals surface area contributed by atoms with Gasteiger partial charge in [-0.05, 0) is 62.8 Å². The maximum absolute atomic E-state index is 14.1. The lowest BCUT2D eigenvalue weighted by Gasteiger charge is -2.29. The molecule has 64 heavy (non-hydrogen) atoms. The second kappa shape index (κ2) is 24.0. The van der Waals surface area contributed by atoms with Crippen LogP contribution in [0.15, 0.2) is 83.5 Å². The second-order valence-corrected chi connectivity index (χ2v) is 15.9. The first kappa shape index (κ1) is 48.1. The van der Waals surface area contributed by atoms with Crippen LogP contribution in [0.2, 0.25) is 0 Å². The number of hydrogen-bond acceptors (Lipinski definition) is 10. The molecule has 1 aliphatic carbocycles. The number of aromatic nitrogens is 3. The molecule has 1 aliphatic heterocycles. The predicted molar refractivity (Wildman–Crippen MR) is 241 cm³/mol. The van der Waals surface area contributed by atoms with E-state index in [4.69, 9.17) is 11.5 Å². The molecular formula is C44H61N13O7. The van der Waals surface area contributed by atoms with Gasteiger partial charge in [0.15, 0.2) is 5.96 Å². The Morgan fingerprint density at radius 1 is 0.891 bits per heavy atom. The molecule has 10 N–H and O–H groups in total. The van der Waals surface area contributed by atoms with Crippen LogP contribution in [0.1, 0.15) is 44.5 Å². The zero-order chi connectivity index (χ0) is 46.0. The van der Waals surface area contributed by atoms with Crippen molar-refractivity contribution < 1.29 is 33.9 Å². The van der Waals surface area contributed by atoms with Crippen molar-refractivity contribution in [3.8, 4) is 0 Å². The number of carbonyl (C=O) groups excluding carboxylic acids is 5. The SMILES string of the molecule is CC(C)N(CC(=O)O)C(=O)CN(CCc1c[nH]c2ccccc12)C(=O)CNC(=O)CN(CCCN=C(N)N)C(=O)CN(CCC1=CNC2=CC=CCC12)C(=O)CNCCc1ncc[nH]1. The summed E-state index contributed by atoms with van der Waals surface area (Å²) in [7, 11) is 0. The van der Waals surface area contributed by atoms with Gasteiger partial charge in [0, 0.05) is 92.5 Å². The molecule has 1 unspecified atom stereocenters. The van der Waals surface area contributed by atoms with Crippen molar-refractivity contribution in [1.29, 1.82) is 0 Å². The molecule has 5 rings (SSSR count). The fourth-order valence-corrected chi connectivity index (χ4v) is 7.54. The van der Waals surface area contributed by atoms with E-state index in [1.165, 1.54) is 19.6 Å². The highest BCUT2D eigenvalue weighted by molar-refractivity contribution is 5.92. The lowest BCUT2D eigenvalue weighted by molar-refractivity contribution is -0.148. The third kappa shape index (κ3) is 14.6. The van der Waals surface area contributed by atoms with E-state index in [1.54, 1.807) is 26.2 Å². The topological polar surface area (TPSA) is 281 Å². The van der Waals surface area contributed by atoms with E-state index in [0.717, 1.165) is 40.0 Å². The number of benzene rings is 1. The third-order valence-electron chi connectivity index (χ3n) is 11.0. The molecule has 20 heteroatoms. The molecule has 3 heterocycles. The molecule has 344 valence electrons. The smallest absolute Gasteiger partial charge is 0.323 e. The van der Waals surface area contributed by atoms with Gasteiger partial charge in [-0.1, -0.05) is 30.4 Å². The first-order valence-corrected chi connectivity index (χ1v) is 21.5. The number of nitrogens with two attached hydrogens (primary N) is 2. The highest BCUT2D eigenvalue weighted by Gasteiger charge is 2.29. The number of fused-ring (bicyclic) bond motifs is 2. The zero-order valence-electron chi connectivity index (χ0n) is 36.6. The van der Waals surface area contributed by atoms with Crippen LogP contribution < -0.4 is 27.4 Å². The molecule has 0 radical (unpaired) electrons. The number of carboxylic acids is 1. The van der Waals surface area contributed by atoms with Crippen LogP contribution in [0.25, 0.3) is 10.9 Å². The predicted octanol–water partition coefficient (Wildman–Crippen LogP) is 0.190. The first-order chi connectivity index (χ1) is 30.8. The Bertz CT molecular complexity index is 2210. The van der Waals surface area contributed by atoms with Crippen LogP contribution in [0.3, 0.4) is 0 Å². The Balaban J connectivity index is 1.25. The van der Waals surface area contributed by atoms with E-state index >= 15 is 0 Å². The minimum absolute atomic E-state index is 0.0275. The quantitative estimate of drug-likeness (QED) is 0.0305. The van der Waals surface area contributed by atoms with Gasteiger partial charge in [0.25, 0.3) is 0 Å². The van der Waals surface area contributed by atoms with E-state index in [9.17, 15) is 33.9 Å². The molecule has 5 amide bonds. The fraction of sp³-hybridized carbons (Fsp3) is 0.455. The number of rotatable bonds is 26. The van der Waals surface area contributed by atoms with Crippen LogP contribution in [0, 0.1) is 5.92 Å². The van der Waals surface area contributed by atoms with Gasteiger partial charge in [0.1, 0.15) is 12.4 Å². The Kier molecular flexibility index (Phi) is 18.1. The maximum atomic E-state index is 14.1. The molecule has 0 saturated carbocycles. The van der Waals surface area contributed by atoms with Gasteiger partial charge in [0.05, 0.1) is 32.7 Å². The van der Waals surface area contributed by atoms with Crippen molar-refractivity contribution in [2.45, 2.75) is 52.0 Å². The number of carbonyl (C=O) groups is 6. The molecule has 0 fully saturated rings. The first-order valence-electron chi connectivity index (χ1n) is 21.5. The van der Waals surface area contributed by atoms with Gasteiger partial charge in [-0.15, -0.1) is 0 Å². The minimum atomic E-state index is -1.19. The normalized spacial score (nSPS) is 14.0. The Labute approximate surface area is 372 Å². The van der Waals surface area contributed by atoms with Crippen LogP contribution in [-0.2, 0) is 41.6 Å². The number of nitrogens with zero attached hydrogens (tertiary/aromatic N) is 6. The lowest BCUT2D eigenvalue weighted by Crippen LogP contribution is -2.51. The number of para-hydroxylation sites is 1. The minimum Gasteiger partial charge on any atom is -0.480 e. The molecule has 20 nitrogen and oxygen atoms in total. The fourth-order valence-electron chi connectivity index (χ4n) is 7.54. The summed E-state index contributed by atoms with van der Waals surface area (Å²) in [5.41, 5.74) is 15.1. The van der Waals surface area contributed by atoms with Crippen LogP contribution >= 0.6 is 0 Å². The highest BCUT2D eigenvalue weighted by atomic mass is 16.4. The standard InChI is InChI=1S/C44H61N13O7/c1-30(2)57(29-43(63)64)42(62)28-56(21-14-32-23-52-36-11-6-4-9-34(32)36)40(60)25-53-38(58)26-54(19-7-15-50-44(45)46)41(61)27-55(39(59)24-47-16-12-37-48-17-18-49-37)20-13-31-22-51-35-10-5-3-8-33(31)35/h3-6,9-11,17-18,22-23,30,33,47,51-52H,7-8,12-16,19-21,24-29H2,1-2H3,(H,48,49)(H,53,58)(H,63,64)(H4,45,46,50). The van der Waals surface area contributed by atoms with Gasteiger partial charge in [-0.2, -0.15) is 0 Å². The lowest BCUT2D eigenvalue weighted by atomic mass is 9.90. The largest absolute Gasteiger partial charge is 0.480 e. The van der Waals surface area contributed by atoms with Crippen molar-refractivity contribution in [2.75, 3.05) is 72.0 Å². The van der Waals surface area contributed by atoms with Crippen LogP contribution in [0.5, 0.6) is 0 Å². The summed E-state index contributed by atoms with van der Waals surface area (Å²) in [4.78, 5) is 100.0. The summed E-state index contributed by atoms with van der Waals surface area (Å²) in [6.45, 7) is 2.20. The van der Waals surface area contributed by atoms with Crippen LogP contribution in [-0.4, -0.2) is 159 Å². The number of H-pyrrole nitrogens is 2. The summed E-state index contributed by atoms with van der Waals surface area (Å²) < 4.78 is 0. The molecule has 0 saturated heterocycles. The maximum Gasteiger partial charge on any atom is 0.323 e. The van der Waals surface area contributed by atoms with E-state index in [-0.39, 0.29) is 57.1 Å². The van der Waals surface area contributed by atoms with Crippen molar-refractivity contribution in [3.63, 3.8) is 0 Å². The average Bonchev–Trinajstić information content (AvgIpc) is 4.05. The Morgan fingerprint density at radius 2 is 1.62 bits per heavy atom. The third-order valence-corrected chi connectivity index (χ3v) is 11.0. The van der Waals surface area contributed by atoms with E-state index in [2.05, 4.69) is 42.0 Å². The summed E-state index contributed by atoms with van der Waals surface area (Å²) in [6.07, 6.45) is 15.9. The number of nitrogens with one attached hydrogen (secondary N) is 5. The van der Waals surface area contributed by atoms with E-state index in [0.29, 0.717) is 32.2 Å². The number of hydrogen-bond donors (Lipinski definition) is 8. The molecule has 0 bridgehead atoms. The second-order valence-electron chi connectivity index (χ2n) is 15.9. The van der Waals surface area contributed by atoms with E-state index < -0.39 is 61.8 Å². The van der Waals surface area contributed by atoms with Crippen molar-refractivity contribution in [3.05, 3.63) is 89.9 Å². The van der Waals surface area contributed by atoms with Crippen LogP contribution in [0.4, 0.5) is 0 Å². The van der Waals surface area contributed by atoms with Gasteiger partial charge < -0.3 is 62.1 Å². The van der Waals surface area contributed by atoms with Gasteiger partial charge in [0.2, 0.25) is 29.5 Å². The number of guanidine groups is 1. The molecule has 3 aromatic rings. The molecule has 1 atom stereocenters. The monoisotopic (exact) mass is 883 g/mol. The summed E-state index contributed by atoms with van der Waals surface area (Å²) >= 11 is 0. The van der Waals surface area contributed by atoms with Crippen molar-refractivity contribution in [1.82, 2.24) is 50.5 Å². The Morgan fingerprint density at radius 3 is 2.36 bits per heavy atom. The number of imidazole rings is 1. The molecule has 2 aliphatic rings. The van der Waals surface area contributed by atoms with E-state index in [1.807, 2.05) is 48.8 Å². The summed E-state index contributed by atoms with van der Waals surface area (Å²) in [5.74, 6) is -2.95. The van der Waals surface area contributed by atoms with Gasteiger partial charge in [-0.25, -0.2) is 4.98 Å². The molecule has 1 aromatic carbocycles. The average molecular weight is 884 g/mol. The number of allylic oxidation sites excluding steroid dienone is 4. The number of aliphatic imine (C=N–C) groups is 1.